The Morgan fingerprint density at radius 2 is 1.69 bits per heavy atom. The van der Waals surface area contributed by atoms with E-state index in [4.69, 9.17) is 5.73 Å². The summed E-state index contributed by atoms with van der Waals surface area (Å²) in [4.78, 5) is 0. The van der Waals surface area contributed by atoms with Gasteiger partial charge in [-0.1, -0.05) is 25.8 Å². The maximum atomic E-state index is 6.01. The van der Waals surface area contributed by atoms with Gasteiger partial charge in [-0.2, -0.15) is 0 Å². The van der Waals surface area contributed by atoms with Gasteiger partial charge in [0.05, 0.1) is 0 Å². The van der Waals surface area contributed by atoms with Crippen LogP contribution in [0.2, 0.25) is 0 Å². The SMILES string of the molecule is CCCCC(N)CCC[n+]1ccccc1.[Cl-]. The first-order valence-corrected chi connectivity index (χ1v) is 6.02. The summed E-state index contributed by atoms with van der Waals surface area (Å²) in [6, 6.07) is 6.58. The van der Waals surface area contributed by atoms with Crippen molar-refractivity contribution in [1.82, 2.24) is 0 Å². The Kier molecular flexibility index (Phi) is 9.25. The van der Waals surface area contributed by atoms with Crippen LogP contribution in [-0.2, 0) is 6.54 Å². The van der Waals surface area contributed by atoms with Crippen LogP contribution in [0, 0.1) is 0 Å². The number of hydrogen-bond donors (Lipinski definition) is 1. The molecule has 1 unspecified atom stereocenters. The zero-order chi connectivity index (χ0) is 10.9. The van der Waals surface area contributed by atoms with Gasteiger partial charge in [-0.15, -0.1) is 0 Å². The zero-order valence-corrected chi connectivity index (χ0v) is 10.9. The summed E-state index contributed by atoms with van der Waals surface area (Å²) in [6.07, 6.45) is 10.2. The summed E-state index contributed by atoms with van der Waals surface area (Å²) in [5.74, 6) is 0. The molecule has 0 spiro atoms. The number of nitrogens with zero attached hydrogens (tertiary/aromatic N) is 1. The van der Waals surface area contributed by atoms with Crippen LogP contribution in [0.4, 0.5) is 0 Å². The molecule has 0 radical (unpaired) electrons. The van der Waals surface area contributed by atoms with Crippen LogP contribution in [0.25, 0.3) is 0 Å². The third kappa shape index (κ3) is 6.81. The average molecular weight is 243 g/mol. The van der Waals surface area contributed by atoms with Gasteiger partial charge in [-0.25, -0.2) is 4.57 Å². The molecule has 0 saturated heterocycles. The Hall–Kier alpha value is -0.600. The second-order valence-corrected chi connectivity index (χ2v) is 4.16. The first-order valence-electron chi connectivity index (χ1n) is 6.02. The highest BCUT2D eigenvalue weighted by atomic mass is 35.5. The average Bonchev–Trinajstić information content (AvgIpc) is 2.28. The van der Waals surface area contributed by atoms with Crippen molar-refractivity contribution in [1.29, 1.82) is 0 Å². The number of halogens is 1. The lowest BCUT2D eigenvalue weighted by Gasteiger charge is -2.08. The number of aromatic nitrogens is 1. The highest BCUT2D eigenvalue weighted by molar-refractivity contribution is 4.83. The summed E-state index contributed by atoms with van der Waals surface area (Å²) in [7, 11) is 0. The number of unbranched alkanes of at least 4 members (excludes halogenated alkanes) is 1. The van der Waals surface area contributed by atoms with Gasteiger partial charge >= 0.3 is 0 Å². The van der Waals surface area contributed by atoms with Crippen LogP contribution in [0.5, 0.6) is 0 Å². The molecule has 0 aliphatic rings. The van der Waals surface area contributed by atoms with Crippen molar-refractivity contribution in [3.8, 4) is 0 Å². The molecule has 0 aromatic carbocycles. The molecule has 0 fully saturated rings. The predicted octanol–water partition coefficient (Wildman–Crippen LogP) is -0.724. The van der Waals surface area contributed by atoms with Crippen molar-refractivity contribution in [2.24, 2.45) is 5.73 Å². The van der Waals surface area contributed by atoms with E-state index in [1.165, 1.54) is 25.7 Å². The fourth-order valence-electron chi connectivity index (χ4n) is 1.73. The first-order chi connectivity index (χ1) is 7.33. The van der Waals surface area contributed by atoms with E-state index in [-0.39, 0.29) is 12.4 Å². The number of aryl methyl sites for hydroxylation is 1. The number of pyridine rings is 1. The molecule has 0 aliphatic carbocycles. The van der Waals surface area contributed by atoms with Gasteiger partial charge in [0.1, 0.15) is 6.54 Å². The summed E-state index contributed by atoms with van der Waals surface area (Å²) >= 11 is 0. The fraction of sp³-hybridized carbons (Fsp3) is 0.615. The molecule has 0 amide bonds. The zero-order valence-electron chi connectivity index (χ0n) is 10.1. The molecule has 16 heavy (non-hydrogen) atoms. The van der Waals surface area contributed by atoms with Crippen LogP contribution >= 0.6 is 0 Å². The molecule has 3 heteroatoms. The van der Waals surface area contributed by atoms with Crippen molar-refractivity contribution in [3.63, 3.8) is 0 Å². The van der Waals surface area contributed by atoms with E-state index in [1.807, 2.05) is 6.07 Å². The fourth-order valence-corrected chi connectivity index (χ4v) is 1.73. The maximum Gasteiger partial charge on any atom is 0.168 e. The second-order valence-electron chi connectivity index (χ2n) is 4.16. The lowest BCUT2D eigenvalue weighted by atomic mass is 10.1. The largest absolute Gasteiger partial charge is 1.00 e. The molecule has 2 nitrogen and oxygen atoms in total. The third-order valence-corrected chi connectivity index (χ3v) is 2.70. The Bertz CT molecular complexity index is 251. The van der Waals surface area contributed by atoms with E-state index in [1.54, 1.807) is 0 Å². The van der Waals surface area contributed by atoms with E-state index in [2.05, 4.69) is 36.0 Å². The molecule has 0 bridgehead atoms. The molecule has 0 aliphatic heterocycles. The molecular weight excluding hydrogens is 220 g/mol. The minimum Gasteiger partial charge on any atom is -1.00 e. The molecule has 1 atom stereocenters. The van der Waals surface area contributed by atoms with E-state index in [9.17, 15) is 0 Å². The minimum atomic E-state index is 0. The molecule has 1 aromatic rings. The van der Waals surface area contributed by atoms with Gasteiger partial charge in [-0.3, -0.25) is 0 Å². The summed E-state index contributed by atoms with van der Waals surface area (Å²) in [6.45, 7) is 3.30. The van der Waals surface area contributed by atoms with Gasteiger partial charge in [0.25, 0.3) is 0 Å². The minimum absolute atomic E-state index is 0. The van der Waals surface area contributed by atoms with Crippen LogP contribution in [0.3, 0.4) is 0 Å². The van der Waals surface area contributed by atoms with Gasteiger partial charge in [0, 0.05) is 24.6 Å². The molecule has 0 saturated carbocycles. The monoisotopic (exact) mass is 242 g/mol. The highest BCUT2D eigenvalue weighted by Crippen LogP contribution is 2.04. The van der Waals surface area contributed by atoms with E-state index < -0.39 is 0 Å². The van der Waals surface area contributed by atoms with E-state index >= 15 is 0 Å². The number of rotatable bonds is 7. The van der Waals surface area contributed by atoms with Gasteiger partial charge in [0.2, 0.25) is 0 Å². The lowest BCUT2D eigenvalue weighted by Crippen LogP contribution is -3.00. The molecule has 1 aromatic heterocycles. The Morgan fingerprint density at radius 1 is 1.06 bits per heavy atom. The second kappa shape index (κ2) is 9.61. The maximum absolute atomic E-state index is 6.01. The van der Waals surface area contributed by atoms with Crippen molar-refractivity contribution < 1.29 is 17.0 Å². The van der Waals surface area contributed by atoms with Gasteiger partial charge in [0.15, 0.2) is 12.4 Å². The van der Waals surface area contributed by atoms with Gasteiger partial charge in [-0.05, 0) is 12.8 Å². The van der Waals surface area contributed by atoms with Crippen LogP contribution in [0.15, 0.2) is 30.6 Å². The van der Waals surface area contributed by atoms with Crippen molar-refractivity contribution in [2.75, 3.05) is 0 Å². The summed E-state index contributed by atoms with van der Waals surface area (Å²) < 4.78 is 2.21. The lowest BCUT2D eigenvalue weighted by molar-refractivity contribution is -0.697. The standard InChI is InChI=1S/C13H23N2.ClH/c1-2-3-8-13(14)9-7-12-15-10-5-4-6-11-15;/h4-6,10-11,13H,2-3,7-9,12,14H2,1H3;1H/q+1;/p-1. The number of hydrogen-bond acceptors (Lipinski definition) is 1. The van der Waals surface area contributed by atoms with Crippen LogP contribution < -0.4 is 22.7 Å². The van der Waals surface area contributed by atoms with Crippen LogP contribution in [0.1, 0.15) is 39.0 Å². The quantitative estimate of drug-likeness (QED) is 0.629. The number of nitrogens with two attached hydrogens (primary N) is 1. The molecule has 2 N–H and O–H groups in total. The van der Waals surface area contributed by atoms with Crippen molar-refractivity contribution >= 4 is 0 Å². The highest BCUT2D eigenvalue weighted by Gasteiger charge is 2.03. The normalized spacial score (nSPS) is 11.9. The molecule has 1 heterocycles. The van der Waals surface area contributed by atoms with Gasteiger partial charge < -0.3 is 18.1 Å². The first kappa shape index (κ1) is 15.4. The Labute approximate surface area is 105 Å². The topological polar surface area (TPSA) is 29.9 Å². The van der Waals surface area contributed by atoms with E-state index in [0.29, 0.717) is 6.04 Å². The van der Waals surface area contributed by atoms with Crippen molar-refractivity contribution in [3.05, 3.63) is 30.6 Å². The smallest absolute Gasteiger partial charge is 0.168 e. The van der Waals surface area contributed by atoms with Crippen LogP contribution in [-0.4, -0.2) is 6.04 Å². The van der Waals surface area contributed by atoms with Crippen molar-refractivity contribution in [2.45, 2.75) is 51.6 Å². The molecular formula is C13H23ClN2. The molecule has 92 valence electrons. The Morgan fingerprint density at radius 3 is 2.31 bits per heavy atom. The summed E-state index contributed by atoms with van der Waals surface area (Å²) in [5, 5.41) is 0. The predicted molar refractivity (Wildman–Crippen MR) is 63.4 cm³/mol. The molecule has 1 rings (SSSR count). The Balaban J connectivity index is 0.00000225. The van der Waals surface area contributed by atoms with E-state index in [0.717, 1.165) is 13.0 Å². The summed E-state index contributed by atoms with van der Waals surface area (Å²) in [5.41, 5.74) is 6.01. The third-order valence-electron chi connectivity index (χ3n) is 2.70.